The highest BCUT2D eigenvalue weighted by Crippen LogP contribution is 2.19. The highest BCUT2D eigenvalue weighted by Gasteiger charge is 2.38. The number of pyridine rings is 1. The number of aromatic nitrogens is 1. The minimum Gasteiger partial charge on any atom is -0.467 e. The lowest BCUT2D eigenvalue weighted by Crippen LogP contribution is -2.42. The number of methoxy groups -OCH3 is 1. The van der Waals surface area contributed by atoms with Gasteiger partial charge in [-0.25, -0.2) is 4.79 Å². The van der Waals surface area contributed by atoms with Crippen LogP contribution in [0, 0.1) is 0 Å². The van der Waals surface area contributed by atoms with Gasteiger partial charge in [-0.2, -0.15) is 0 Å². The van der Waals surface area contributed by atoms with Gasteiger partial charge in [0.25, 0.3) is 0 Å². The first-order chi connectivity index (χ1) is 9.11. The van der Waals surface area contributed by atoms with E-state index in [2.05, 4.69) is 4.98 Å². The van der Waals surface area contributed by atoms with Crippen molar-refractivity contribution in [2.45, 2.75) is 24.9 Å². The lowest BCUT2D eigenvalue weighted by Gasteiger charge is -2.22. The Morgan fingerprint density at radius 3 is 3.00 bits per heavy atom. The van der Waals surface area contributed by atoms with Crippen molar-refractivity contribution in [2.75, 3.05) is 13.7 Å². The average Bonchev–Trinajstić information content (AvgIpc) is 2.81. The molecule has 0 saturated carbocycles. The Balaban J connectivity index is 2.07. The molecule has 1 aromatic heterocycles. The molecule has 2 N–H and O–H groups in total. The third-order valence-corrected chi connectivity index (χ3v) is 3.21. The number of amides is 1. The molecule has 0 bridgehead atoms. The molecule has 1 aromatic rings. The van der Waals surface area contributed by atoms with Crippen molar-refractivity contribution in [1.82, 2.24) is 9.88 Å². The quantitative estimate of drug-likeness (QED) is 0.758. The van der Waals surface area contributed by atoms with Crippen LogP contribution in [0.2, 0.25) is 0 Å². The zero-order valence-corrected chi connectivity index (χ0v) is 10.8. The van der Waals surface area contributed by atoms with Crippen LogP contribution >= 0.6 is 0 Å². The molecule has 2 heterocycles. The van der Waals surface area contributed by atoms with Gasteiger partial charge in [0, 0.05) is 25.0 Å². The van der Waals surface area contributed by atoms with E-state index in [0.29, 0.717) is 13.0 Å². The number of nitrogens with zero attached hydrogens (tertiary/aromatic N) is 2. The Bertz CT molecular complexity index is 463. The van der Waals surface area contributed by atoms with Crippen LogP contribution < -0.4 is 5.73 Å². The molecular formula is C13H17N3O3. The maximum atomic E-state index is 12.2. The van der Waals surface area contributed by atoms with Gasteiger partial charge >= 0.3 is 5.97 Å². The second kappa shape index (κ2) is 5.79. The summed E-state index contributed by atoms with van der Waals surface area (Å²) in [4.78, 5) is 29.3. The molecule has 0 radical (unpaired) electrons. The summed E-state index contributed by atoms with van der Waals surface area (Å²) in [5.41, 5.74) is 6.64. The first-order valence-electron chi connectivity index (χ1n) is 6.13. The Morgan fingerprint density at radius 2 is 2.37 bits per heavy atom. The number of hydrogen-bond acceptors (Lipinski definition) is 5. The molecule has 0 spiro atoms. The van der Waals surface area contributed by atoms with E-state index in [1.807, 2.05) is 6.07 Å². The van der Waals surface area contributed by atoms with E-state index in [1.54, 1.807) is 18.5 Å². The van der Waals surface area contributed by atoms with Crippen molar-refractivity contribution in [2.24, 2.45) is 5.73 Å². The maximum absolute atomic E-state index is 12.2. The zero-order valence-electron chi connectivity index (χ0n) is 10.8. The maximum Gasteiger partial charge on any atom is 0.328 e. The first-order valence-corrected chi connectivity index (χ1v) is 6.13. The van der Waals surface area contributed by atoms with Crippen molar-refractivity contribution in [3.8, 4) is 0 Å². The summed E-state index contributed by atoms with van der Waals surface area (Å²) in [6, 6.07) is 2.86. The van der Waals surface area contributed by atoms with Crippen LogP contribution in [-0.2, 0) is 20.7 Å². The number of rotatable bonds is 3. The number of esters is 1. The van der Waals surface area contributed by atoms with Crippen molar-refractivity contribution in [3.63, 3.8) is 0 Å². The molecule has 6 nitrogen and oxygen atoms in total. The second-order valence-corrected chi connectivity index (χ2v) is 4.62. The van der Waals surface area contributed by atoms with Crippen LogP contribution in [0.5, 0.6) is 0 Å². The number of hydrogen-bond donors (Lipinski definition) is 1. The summed E-state index contributed by atoms with van der Waals surface area (Å²) in [7, 11) is 1.32. The van der Waals surface area contributed by atoms with Gasteiger partial charge in [-0.05, 0) is 18.1 Å². The Hall–Kier alpha value is -1.95. The SMILES string of the molecule is COC(=O)[C@@H]1C[C@H](N)CN1C(=O)Cc1cccnc1. The van der Waals surface area contributed by atoms with E-state index in [1.165, 1.54) is 12.0 Å². The van der Waals surface area contributed by atoms with E-state index >= 15 is 0 Å². The van der Waals surface area contributed by atoms with Gasteiger partial charge in [0.05, 0.1) is 13.5 Å². The van der Waals surface area contributed by atoms with Crippen LogP contribution in [0.1, 0.15) is 12.0 Å². The molecule has 0 unspecified atom stereocenters. The minimum atomic E-state index is -0.566. The molecule has 1 fully saturated rings. The summed E-state index contributed by atoms with van der Waals surface area (Å²) in [5, 5.41) is 0. The Labute approximate surface area is 111 Å². The van der Waals surface area contributed by atoms with E-state index in [9.17, 15) is 9.59 Å². The number of nitrogens with two attached hydrogens (primary N) is 1. The zero-order chi connectivity index (χ0) is 13.8. The molecule has 1 saturated heterocycles. The topological polar surface area (TPSA) is 85.5 Å². The molecular weight excluding hydrogens is 246 g/mol. The van der Waals surface area contributed by atoms with Gasteiger partial charge in [-0.1, -0.05) is 6.07 Å². The molecule has 2 atom stereocenters. The summed E-state index contributed by atoms with van der Waals surface area (Å²) in [5.74, 6) is -0.538. The van der Waals surface area contributed by atoms with E-state index in [0.717, 1.165) is 5.56 Å². The Kier molecular flexibility index (Phi) is 4.11. The highest BCUT2D eigenvalue weighted by atomic mass is 16.5. The van der Waals surface area contributed by atoms with Crippen LogP contribution in [0.25, 0.3) is 0 Å². The monoisotopic (exact) mass is 263 g/mol. The number of carbonyl (C=O) groups excluding carboxylic acids is 2. The second-order valence-electron chi connectivity index (χ2n) is 4.62. The van der Waals surface area contributed by atoms with E-state index < -0.39 is 12.0 Å². The molecule has 2 rings (SSSR count). The largest absolute Gasteiger partial charge is 0.467 e. The van der Waals surface area contributed by atoms with Crippen molar-refractivity contribution in [1.29, 1.82) is 0 Å². The predicted molar refractivity (Wildman–Crippen MR) is 68.1 cm³/mol. The fourth-order valence-electron chi connectivity index (χ4n) is 2.28. The van der Waals surface area contributed by atoms with Crippen LogP contribution in [0.15, 0.2) is 24.5 Å². The summed E-state index contributed by atoms with van der Waals surface area (Å²) < 4.78 is 4.71. The normalized spacial score (nSPS) is 22.3. The molecule has 1 amide bonds. The number of likely N-dealkylation sites (tertiary alicyclic amines) is 1. The highest BCUT2D eigenvalue weighted by molar-refractivity contribution is 5.86. The third kappa shape index (κ3) is 3.08. The lowest BCUT2D eigenvalue weighted by atomic mass is 10.1. The summed E-state index contributed by atoms with van der Waals surface area (Å²) in [6.45, 7) is 0.388. The smallest absolute Gasteiger partial charge is 0.328 e. The summed E-state index contributed by atoms with van der Waals surface area (Å²) >= 11 is 0. The van der Waals surface area contributed by atoms with Gasteiger partial charge in [-0.3, -0.25) is 9.78 Å². The third-order valence-electron chi connectivity index (χ3n) is 3.21. The van der Waals surface area contributed by atoms with Gasteiger partial charge in [-0.15, -0.1) is 0 Å². The summed E-state index contributed by atoms with van der Waals surface area (Å²) in [6.07, 6.45) is 3.96. The van der Waals surface area contributed by atoms with E-state index in [4.69, 9.17) is 10.5 Å². The fourth-order valence-corrected chi connectivity index (χ4v) is 2.28. The van der Waals surface area contributed by atoms with Gasteiger partial charge in [0.2, 0.25) is 5.91 Å². The van der Waals surface area contributed by atoms with Crippen LogP contribution in [0.3, 0.4) is 0 Å². The van der Waals surface area contributed by atoms with E-state index in [-0.39, 0.29) is 18.4 Å². The fraction of sp³-hybridized carbons (Fsp3) is 0.462. The molecule has 0 aromatic carbocycles. The predicted octanol–water partition coefficient (Wildman–Crippen LogP) is -0.275. The first kappa shape index (κ1) is 13.5. The average molecular weight is 263 g/mol. The van der Waals surface area contributed by atoms with Gasteiger partial charge < -0.3 is 15.4 Å². The van der Waals surface area contributed by atoms with Crippen molar-refractivity contribution < 1.29 is 14.3 Å². The Morgan fingerprint density at radius 1 is 1.58 bits per heavy atom. The van der Waals surface area contributed by atoms with Gasteiger partial charge in [0.1, 0.15) is 6.04 Å². The molecule has 19 heavy (non-hydrogen) atoms. The molecule has 1 aliphatic heterocycles. The molecule has 0 aliphatic carbocycles. The lowest BCUT2D eigenvalue weighted by molar-refractivity contribution is -0.150. The molecule has 102 valence electrons. The molecule has 1 aliphatic rings. The molecule has 6 heteroatoms. The number of ether oxygens (including phenoxy) is 1. The standard InChI is InChI=1S/C13H17N3O3/c1-19-13(18)11-6-10(14)8-16(11)12(17)5-9-3-2-4-15-7-9/h2-4,7,10-11H,5-6,8,14H2,1H3/t10-,11-/m0/s1. The van der Waals surface area contributed by atoms with Gasteiger partial charge in [0.15, 0.2) is 0 Å². The number of carbonyl (C=O) groups is 2. The van der Waals surface area contributed by atoms with Crippen molar-refractivity contribution >= 4 is 11.9 Å². The van der Waals surface area contributed by atoms with Crippen LogP contribution in [-0.4, -0.2) is 47.5 Å². The minimum absolute atomic E-state index is 0.128. The van der Waals surface area contributed by atoms with Crippen molar-refractivity contribution in [3.05, 3.63) is 30.1 Å². The van der Waals surface area contributed by atoms with Crippen LogP contribution in [0.4, 0.5) is 0 Å².